The Balaban J connectivity index is 1.60. The lowest BCUT2D eigenvalue weighted by molar-refractivity contribution is -0.150. The number of amides is 2. The summed E-state index contributed by atoms with van der Waals surface area (Å²) >= 11 is 2.59. The number of carboxylic acid groups (broad SMARTS) is 2. The Morgan fingerprint density at radius 2 is 2.00 bits per heavy atom. The summed E-state index contributed by atoms with van der Waals surface area (Å²) in [4.78, 5) is 59.2. The number of nitrogens with one attached hydrogen (secondary N) is 1. The molecule has 2 aliphatic heterocycles. The number of fused-ring (bicyclic) bond motifs is 1. The van der Waals surface area contributed by atoms with E-state index in [-0.39, 0.29) is 30.7 Å². The summed E-state index contributed by atoms with van der Waals surface area (Å²) in [6, 6.07) is -0.876. The molecule has 2 atom stereocenters. The number of aryl methyl sites for hydroxylation is 1. The maximum absolute atomic E-state index is 12.6. The molecule has 2 amide bonds. The second kappa shape index (κ2) is 9.47. The van der Waals surface area contributed by atoms with Gasteiger partial charge in [0, 0.05) is 31.4 Å². The van der Waals surface area contributed by atoms with Crippen LogP contribution in [0.15, 0.2) is 16.4 Å². The van der Waals surface area contributed by atoms with E-state index in [0.29, 0.717) is 16.5 Å². The summed E-state index contributed by atoms with van der Waals surface area (Å²) in [5.74, 6) is -4.17. The molecule has 0 aliphatic carbocycles. The van der Waals surface area contributed by atoms with Crippen molar-refractivity contribution in [1.29, 1.82) is 0 Å². The first-order valence-electron chi connectivity index (χ1n) is 9.01. The van der Waals surface area contributed by atoms with Crippen LogP contribution in [0.4, 0.5) is 0 Å². The van der Waals surface area contributed by atoms with Crippen LogP contribution in [0.1, 0.15) is 19.3 Å². The number of tetrazole rings is 1. The van der Waals surface area contributed by atoms with E-state index in [1.54, 1.807) is 7.05 Å². The van der Waals surface area contributed by atoms with Crippen LogP contribution in [0.2, 0.25) is 0 Å². The van der Waals surface area contributed by atoms with Gasteiger partial charge < -0.3 is 15.5 Å². The van der Waals surface area contributed by atoms with Gasteiger partial charge in [0.2, 0.25) is 16.8 Å². The highest BCUT2D eigenvalue weighted by atomic mass is 32.2. The number of carbonyl (C=O) groups excluding carboxylic acids is 3. The van der Waals surface area contributed by atoms with Crippen molar-refractivity contribution in [3.63, 3.8) is 0 Å². The fraction of sp³-hybridized carbons (Fsp3) is 0.500. The summed E-state index contributed by atoms with van der Waals surface area (Å²) < 4.78 is 1.45. The number of hydrogen-bond donors (Lipinski definition) is 3. The first-order valence-corrected chi connectivity index (χ1v) is 11.0. The van der Waals surface area contributed by atoms with Gasteiger partial charge in [0.15, 0.2) is 0 Å². The molecule has 0 saturated carbocycles. The van der Waals surface area contributed by atoms with Crippen molar-refractivity contribution in [1.82, 2.24) is 30.4 Å². The van der Waals surface area contributed by atoms with E-state index >= 15 is 0 Å². The van der Waals surface area contributed by atoms with Gasteiger partial charge in [-0.1, -0.05) is 11.8 Å². The third-order valence-corrected chi connectivity index (χ3v) is 7.01. The van der Waals surface area contributed by atoms with Crippen LogP contribution in [-0.4, -0.2) is 87.8 Å². The topological polar surface area (TPSA) is 185 Å². The number of β-lactam (4-membered cyclic amide) rings is 1. The van der Waals surface area contributed by atoms with E-state index in [2.05, 4.69) is 20.8 Å². The first-order chi connectivity index (χ1) is 14.7. The van der Waals surface area contributed by atoms with Crippen molar-refractivity contribution in [2.45, 2.75) is 35.8 Å². The van der Waals surface area contributed by atoms with Gasteiger partial charge in [-0.25, -0.2) is 14.3 Å². The second-order valence-corrected chi connectivity index (χ2v) is 8.72. The molecule has 1 aromatic heterocycles. The predicted molar refractivity (Wildman–Crippen MR) is 106 cm³/mol. The fourth-order valence-corrected chi connectivity index (χ4v) is 5.39. The number of aromatic nitrogens is 4. The number of ketones is 1. The van der Waals surface area contributed by atoms with E-state index in [1.165, 1.54) is 33.1 Å². The molecule has 1 aromatic rings. The highest BCUT2D eigenvalue weighted by molar-refractivity contribution is 8.01. The molecule has 2 aliphatic rings. The van der Waals surface area contributed by atoms with Gasteiger partial charge in [-0.3, -0.25) is 19.3 Å². The third-order valence-electron chi connectivity index (χ3n) is 4.57. The molecule has 15 heteroatoms. The lowest BCUT2D eigenvalue weighted by atomic mass is 10.0. The normalized spacial score (nSPS) is 20.2. The van der Waals surface area contributed by atoms with Crippen LogP contribution in [0, 0.1) is 0 Å². The van der Waals surface area contributed by atoms with Crippen molar-refractivity contribution >= 4 is 53.1 Å². The fourth-order valence-electron chi connectivity index (χ4n) is 3.05. The Kier molecular flexibility index (Phi) is 6.94. The Labute approximate surface area is 183 Å². The number of Topliss-reactive ketones (excluding diaryl/α,β-unsaturated/α-hetero) is 1. The van der Waals surface area contributed by atoms with Crippen LogP contribution in [0.25, 0.3) is 0 Å². The lowest BCUT2D eigenvalue weighted by Gasteiger charge is -2.49. The molecule has 0 radical (unpaired) electrons. The molecule has 31 heavy (non-hydrogen) atoms. The molecule has 3 heterocycles. The van der Waals surface area contributed by atoms with Crippen molar-refractivity contribution in [3.8, 4) is 0 Å². The Bertz CT molecular complexity index is 977. The van der Waals surface area contributed by atoms with Crippen LogP contribution in [-0.2, 0) is 31.0 Å². The van der Waals surface area contributed by atoms with Gasteiger partial charge in [0.05, 0.1) is 0 Å². The molecule has 3 N–H and O–H groups in total. The van der Waals surface area contributed by atoms with Crippen LogP contribution < -0.4 is 5.32 Å². The second-order valence-electron chi connectivity index (χ2n) is 6.67. The number of carbonyl (C=O) groups is 5. The molecule has 13 nitrogen and oxygen atoms in total. The molecule has 3 rings (SSSR count). The predicted octanol–water partition coefficient (Wildman–Crippen LogP) is -1.14. The number of carboxylic acids is 2. The minimum atomic E-state index is -1.55. The van der Waals surface area contributed by atoms with Crippen molar-refractivity contribution in [2.24, 2.45) is 7.05 Å². The van der Waals surface area contributed by atoms with E-state index < -0.39 is 41.0 Å². The average Bonchev–Trinajstić information content (AvgIpc) is 3.13. The smallest absolute Gasteiger partial charge is 0.372 e. The number of aliphatic carboxylic acids is 2. The summed E-state index contributed by atoms with van der Waals surface area (Å²) in [6.07, 6.45) is -0.354. The van der Waals surface area contributed by atoms with E-state index in [1.807, 2.05) is 0 Å². The lowest BCUT2D eigenvalue weighted by Crippen LogP contribution is -2.70. The van der Waals surface area contributed by atoms with Gasteiger partial charge in [0.1, 0.15) is 17.1 Å². The van der Waals surface area contributed by atoms with Crippen LogP contribution in [0.3, 0.4) is 0 Å². The Morgan fingerprint density at radius 1 is 1.26 bits per heavy atom. The Hall–Kier alpha value is -2.94. The Morgan fingerprint density at radius 3 is 2.61 bits per heavy atom. The van der Waals surface area contributed by atoms with Crippen molar-refractivity contribution in [2.75, 3.05) is 11.5 Å². The standard InChI is InChI=1S/C16H18N6O7S2/c1-21-16(18-19-20-21)31-6-7-5-30-13-10(12(25)22(13)11(7)15(28)29)17-9(24)4-2-3-8(23)14(26)27/h10,13H,2-6H2,1H3,(H,17,24)(H,26,27)(H,28,29). The molecule has 0 bridgehead atoms. The maximum Gasteiger partial charge on any atom is 0.372 e. The third kappa shape index (κ3) is 4.87. The zero-order valence-corrected chi connectivity index (χ0v) is 17.8. The van der Waals surface area contributed by atoms with Gasteiger partial charge in [0.25, 0.3) is 5.91 Å². The molecule has 0 spiro atoms. The van der Waals surface area contributed by atoms with Crippen LogP contribution in [0.5, 0.6) is 0 Å². The number of nitrogens with zero attached hydrogens (tertiary/aromatic N) is 5. The molecular formula is C16H18N6O7S2. The summed E-state index contributed by atoms with van der Waals surface area (Å²) in [7, 11) is 1.66. The van der Waals surface area contributed by atoms with E-state index in [9.17, 15) is 29.1 Å². The molecular weight excluding hydrogens is 452 g/mol. The van der Waals surface area contributed by atoms with Gasteiger partial charge in [-0.05, 0) is 22.4 Å². The maximum atomic E-state index is 12.6. The number of thioether (sulfide) groups is 2. The summed E-state index contributed by atoms with van der Waals surface area (Å²) in [6.45, 7) is 0. The van der Waals surface area contributed by atoms with Crippen LogP contribution >= 0.6 is 23.5 Å². The van der Waals surface area contributed by atoms with E-state index in [0.717, 1.165) is 0 Å². The summed E-state index contributed by atoms with van der Waals surface area (Å²) in [5.41, 5.74) is 0.445. The molecule has 2 unspecified atom stereocenters. The molecule has 0 aromatic carbocycles. The molecule has 166 valence electrons. The first kappa shape index (κ1) is 22.7. The zero-order valence-electron chi connectivity index (χ0n) is 16.2. The minimum absolute atomic E-state index is 0.0396. The molecule has 1 fully saturated rings. The highest BCUT2D eigenvalue weighted by Crippen LogP contribution is 2.41. The quantitative estimate of drug-likeness (QED) is 0.212. The van der Waals surface area contributed by atoms with Gasteiger partial charge in [-0.2, -0.15) is 0 Å². The van der Waals surface area contributed by atoms with Gasteiger partial charge >= 0.3 is 11.9 Å². The zero-order chi connectivity index (χ0) is 22.7. The molecule has 1 saturated heterocycles. The monoisotopic (exact) mass is 470 g/mol. The SMILES string of the molecule is Cn1nnnc1SCC1=C(C(=O)O)N2C(=O)C(NC(=O)CCCC(=O)C(=O)O)C2SC1. The average molecular weight is 470 g/mol. The number of hydrogen-bond acceptors (Lipinski definition) is 10. The van der Waals surface area contributed by atoms with Gasteiger partial charge in [-0.15, -0.1) is 16.9 Å². The van der Waals surface area contributed by atoms with E-state index in [4.69, 9.17) is 5.11 Å². The van der Waals surface area contributed by atoms with Crippen molar-refractivity contribution in [3.05, 3.63) is 11.3 Å². The minimum Gasteiger partial charge on any atom is -0.477 e. The number of rotatable bonds is 10. The van der Waals surface area contributed by atoms with Crippen molar-refractivity contribution < 1.29 is 34.2 Å². The largest absolute Gasteiger partial charge is 0.477 e. The highest BCUT2D eigenvalue weighted by Gasteiger charge is 2.54. The summed E-state index contributed by atoms with van der Waals surface area (Å²) in [5, 5.41) is 31.7.